The molecule has 0 unspecified atom stereocenters. The van der Waals surface area contributed by atoms with Gasteiger partial charge < -0.3 is 5.11 Å². The Morgan fingerprint density at radius 3 is 2.71 bits per heavy atom. The minimum absolute atomic E-state index is 0.111. The molecule has 3 heteroatoms. The van der Waals surface area contributed by atoms with Gasteiger partial charge in [-0.15, -0.1) is 0 Å². The van der Waals surface area contributed by atoms with Crippen molar-refractivity contribution in [3.05, 3.63) is 47.5 Å². The topological polar surface area (TPSA) is 32.7 Å². The predicted molar refractivity (Wildman–Crippen MR) is 123 cm³/mol. The van der Waals surface area contributed by atoms with Crippen LogP contribution in [0.3, 0.4) is 0 Å². The number of hydrogen-bond acceptors (Lipinski definition) is 3. The number of fused-ring (bicyclic) bond motifs is 7. The summed E-state index contributed by atoms with van der Waals surface area (Å²) in [6.45, 7) is 8.37. The number of allylic oxidation sites excluding steroid dienone is 1. The van der Waals surface area contributed by atoms with Crippen LogP contribution in [0.5, 0.6) is 0 Å². The molecule has 3 saturated carbocycles. The van der Waals surface area contributed by atoms with Crippen LogP contribution in [0, 0.1) is 34.5 Å². The summed E-state index contributed by atoms with van der Waals surface area (Å²) in [6.07, 6.45) is 11.1. The molecule has 6 rings (SSSR count). The first-order chi connectivity index (χ1) is 14.9. The number of aliphatic hydroxyl groups is 1. The van der Waals surface area contributed by atoms with E-state index in [1.54, 1.807) is 5.57 Å². The molecular formula is C28H39NO2. The highest BCUT2D eigenvalue weighted by atomic mass is 16.7. The van der Waals surface area contributed by atoms with E-state index < -0.39 is 0 Å². The Labute approximate surface area is 187 Å². The smallest absolute Gasteiger partial charge is 0.0814 e. The van der Waals surface area contributed by atoms with Gasteiger partial charge in [-0.2, -0.15) is 5.06 Å². The molecule has 0 radical (unpaired) electrons. The molecule has 5 aliphatic rings. The predicted octanol–water partition coefficient (Wildman–Crippen LogP) is 5.74. The highest BCUT2D eigenvalue weighted by Crippen LogP contribution is 2.68. The molecule has 4 fully saturated rings. The van der Waals surface area contributed by atoms with Gasteiger partial charge in [-0.3, -0.25) is 4.84 Å². The molecule has 3 nitrogen and oxygen atoms in total. The maximum absolute atomic E-state index is 10.3. The molecule has 1 aliphatic heterocycles. The summed E-state index contributed by atoms with van der Waals surface area (Å²) in [4.78, 5) is 6.49. The van der Waals surface area contributed by atoms with Gasteiger partial charge in [-0.05, 0) is 86.0 Å². The summed E-state index contributed by atoms with van der Waals surface area (Å²) >= 11 is 0. The molecule has 1 saturated heterocycles. The van der Waals surface area contributed by atoms with Crippen molar-refractivity contribution in [2.24, 2.45) is 34.5 Å². The van der Waals surface area contributed by atoms with Crippen molar-refractivity contribution in [2.75, 3.05) is 0 Å². The van der Waals surface area contributed by atoms with Gasteiger partial charge in [-0.1, -0.05) is 55.8 Å². The van der Waals surface area contributed by atoms with Gasteiger partial charge in [0.2, 0.25) is 0 Å². The van der Waals surface area contributed by atoms with Crippen LogP contribution in [0.4, 0.5) is 0 Å². The van der Waals surface area contributed by atoms with Crippen molar-refractivity contribution < 1.29 is 9.94 Å². The highest BCUT2D eigenvalue weighted by molar-refractivity contribution is 5.26. The van der Waals surface area contributed by atoms with E-state index >= 15 is 0 Å². The van der Waals surface area contributed by atoms with Crippen LogP contribution in [0.25, 0.3) is 0 Å². The fourth-order valence-electron chi connectivity index (χ4n) is 9.11. The summed E-state index contributed by atoms with van der Waals surface area (Å²) in [6, 6.07) is 11.4. The Hall–Kier alpha value is -1.16. The largest absolute Gasteiger partial charge is 0.393 e. The first-order valence-corrected chi connectivity index (χ1v) is 12.7. The number of benzene rings is 1. The lowest BCUT2D eigenvalue weighted by molar-refractivity contribution is -0.177. The third-order valence-corrected chi connectivity index (χ3v) is 10.5. The number of hydrogen-bond donors (Lipinski definition) is 1. The molecule has 0 bridgehead atoms. The van der Waals surface area contributed by atoms with Gasteiger partial charge in [0.25, 0.3) is 0 Å². The third-order valence-electron chi connectivity index (χ3n) is 10.5. The highest BCUT2D eigenvalue weighted by Gasteiger charge is 2.65. The normalized spacial score (nSPS) is 49.0. The maximum atomic E-state index is 10.3. The lowest BCUT2D eigenvalue weighted by Gasteiger charge is -2.58. The zero-order valence-electron chi connectivity index (χ0n) is 19.5. The first-order valence-electron chi connectivity index (χ1n) is 12.7. The van der Waals surface area contributed by atoms with Crippen molar-refractivity contribution in [3.63, 3.8) is 0 Å². The van der Waals surface area contributed by atoms with Crippen LogP contribution >= 0.6 is 0 Å². The molecule has 0 aromatic heterocycles. The number of aliphatic hydroxyl groups excluding tert-OH is 1. The Balaban J connectivity index is 1.29. The van der Waals surface area contributed by atoms with Crippen LogP contribution in [0.15, 0.2) is 42.0 Å². The maximum Gasteiger partial charge on any atom is 0.0814 e. The molecule has 0 spiro atoms. The van der Waals surface area contributed by atoms with Gasteiger partial charge in [0, 0.05) is 18.5 Å². The van der Waals surface area contributed by atoms with E-state index in [9.17, 15) is 5.11 Å². The second-order valence-corrected chi connectivity index (χ2v) is 11.9. The van der Waals surface area contributed by atoms with E-state index in [1.165, 1.54) is 37.7 Å². The summed E-state index contributed by atoms with van der Waals surface area (Å²) in [5, 5.41) is 12.6. The third kappa shape index (κ3) is 2.96. The molecule has 168 valence electrons. The van der Waals surface area contributed by atoms with E-state index in [-0.39, 0.29) is 6.10 Å². The fourth-order valence-corrected chi connectivity index (χ4v) is 9.11. The van der Waals surface area contributed by atoms with Gasteiger partial charge >= 0.3 is 0 Å². The monoisotopic (exact) mass is 421 g/mol. The molecular weight excluding hydrogens is 382 g/mol. The summed E-state index contributed by atoms with van der Waals surface area (Å²) in [7, 11) is 0. The summed E-state index contributed by atoms with van der Waals surface area (Å²) < 4.78 is 0. The molecule has 31 heavy (non-hydrogen) atoms. The van der Waals surface area contributed by atoms with Crippen molar-refractivity contribution in [3.8, 4) is 0 Å². The number of hydroxylamine groups is 2. The average Bonchev–Trinajstić information content (AvgIpc) is 3.24. The van der Waals surface area contributed by atoms with E-state index in [0.717, 1.165) is 37.1 Å². The van der Waals surface area contributed by atoms with Crippen molar-refractivity contribution in [2.45, 2.75) is 90.5 Å². The van der Waals surface area contributed by atoms with Crippen LogP contribution in [-0.2, 0) is 11.4 Å². The zero-order valence-corrected chi connectivity index (χ0v) is 19.5. The van der Waals surface area contributed by atoms with Crippen molar-refractivity contribution >= 4 is 0 Å². The van der Waals surface area contributed by atoms with E-state index in [4.69, 9.17) is 4.84 Å². The molecule has 1 aromatic carbocycles. The Kier molecular flexibility index (Phi) is 4.73. The summed E-state index contributed by atoms with van der Waals surface area (Å²) in [5.74, 6) is 3.05. The molecule has 9 atom stereocenters. The second kappa shape index (κ2) is 7.17. The first kappa shape index (κ1) is 20.4. The Morgan fingerprint density at radius 1 is 1.10 bits per heavy atom. The molecule has 4 aliphatic carbocycles. The lowest BCUT2D eigenvalue weighted by Crippen LogP contribution is -2.51. The molecule has 1 heterocycles. The number of rotatable bonds is 2. The number of nitrogens with zero attached hydrogens (tertiary/aromatic N) is 1. The van der Waals surface area contributed by atoms with Crippen LogP contribution in [0.1, 0.15) is 71.3 Å². The molecule has 1 aromatic rings. The minimum Gasteiger partial charge on any atom is -0.393 e. The SMILES string of the molecule is C[C@H]1ON(Cc2ccccc2)[C@@H]2C[C@H]3[C@@H]4CC=C5C[C@@H](O)CC[C@]5(C)[C@H]4CC[C@]3(C)[C@@H]21. The average molecular weight is 422 g/mol. The zero-order chi connectivity index (χ0) is 21.4. The van der Waals surface area contributed by atoms with Crippen molar-refractivity contribution in [1.82, 2.24) is 5.06 Å². The lowest BCUT2D eigenvalue weighted by atomic mass is 9.47. The Morgan fingerprint density at radius 2 is 1.90 bits per heavy atom. The van der Waals surface area contributed by atoms with Crippen LogP contribution in [-0.4, -0.2) is 28.4 Å². The second-order valence-electron chi connectivity index (χ2n) is 11.9. The van der Waals surface area contributed by atoms with Crippen LogP contribution in [0.2, 0.25) is 0 Å². The van der Waals surface area contributed by atoms with E-state index in [0.29, 0.717) is 28.9 Å². The quantitative estimate of drug-likeness (QED) is 0.618. The standard InChI is InChI=1S/C28H39NO2/c1-18-26-25(29(31-18)17-19-7-5-4-6-8-19)16-24-22-10-9-20-15-21(30)11-13-27(20,2)23(22)12-14-28(24,26)3/h4-9,18,21-26,30H,10-17H2,1-3H3/t18-,21+,22-,23+,24+,25-,26-,27+,28+/m1/s1. The van der Waals surface area contributed by atoms with E-state index in [2.05, 4.69) is 62.2 Å². The minimum atomic E-state index is -0.111. The van der Waals surface area contributed by atoms with Gasteiger partial charge in [-0.25, -0.2) is 0 Å². The summed E-state index contributed by atoms with van der Waals surface area (Å²) in [5.41, 5.74) is 3.66. The van der Waals surface area contributed by atoms with Crippen LogP contribution < -0.4 is 0 Å². The Bertz CT molecular complexity index is 867. The fraction of sp³-hybridized carbons (Fsp3) is 0.714. The molecule has 1 N–H and O–H groups in total. The molecule has 0 amide bonds. The van der Waals surface area contributed by atoms with Gasteiger partial charge in [0.1, 0.15) is 0 Å². The van der Waals surface area contributed by atoms with E-state index in [1.807, 2.05) is 0 Å². The van der Waals surface area contributed by atoms with Gasteiger partial charge in [0.15, 0.2) is 0 Å². The van der Waals surface area contributed by atoms with Gasteiger partial charge in [0.05, 0.1) is 12.2 Å². The van der Waals surface area contributed by atoms with Crippen molar-refractivity contribution in [1.29, 1.82) is 0 Å².